The van der Waals surface area contributed by atoms with Crippen LogP contribution in [0.25, 0.3) is 6.08 Å². The summed E-state index contributed by atoms with van der Waals surface area (Å²) in [6.45, 7) is 0.217. The predicted molar refractivity (Wildman–Crippen MR) is 125 cm³/mol. The number of benzene rings is 3. The summed E-state index contributed by atoms with van der Waals surface area (Å²) in [7, 11) is 0. The van der Waals surface area contributed by atoms with Crippen LogP contribution in [0.3, 0.4) is 0 Å². The number of ether oxygens (including phenoxy) is 1. The van der Waals surface area contributed by atoms with Crippen LogP contribution in [0.4, 0.5) is 14.9 Å². The molecule has 1 N–H and O–H groups in total. The van der Waals surface area contributed by atoms with Crippen LogP contribution in [0.1, 0.15) is 11.1 Å². The van der Waals surface area contributed by atoms with Crippen molar-refractivity contribution in [2.75, 3.05) is 4.90 Å². The number of urea groups is 1. The van der Waals surface area contributed by atoms with Gasteiger partial charge in [0.15, 0.2) is 0 Å². The highest BCUT2D eigenvalue weighted by atomic mass is 79.9. The molecule has 0 unspecified atom stereocenters. The lowest BCUT2D eigenvalue weighted by Crippen LogP contribution is -2.54. The molecule has 3 aromatic carbocycles. The molecule has 166 valence electrons. The van der Waals surface area contributed by atoms with Gasteiger partial charge in [-0.05, 0) is 54.1 Å². The second kappa shape index (κ2) is 9.56. The van der Waals surface area contributed by atoms with Crippen molar-refractivity contribution in [3.8, 4) is 5.75 Å². The van der Waals surface area contributed by atoms with Crippen LogP contribution >= 0.6 is 27.5 Å². The van der Waals surface area contributed by atoms with Gasteiger partial charge in [-0.2, -0.15) is 0 Å². The first-order chi connectivity index (χ1) is 15.8. The third-order valence-corrected chi connectivity index (χ3v) is 5.52. The maximum atomic E-state index is 14.3. The monoisotopic (exact) mass is 528 g/mol. The first-order valence-corrected chi connectivity index (χ1v) is 10.8. The molecular weight excluding hydrogens is 515 g/mol. The van der Waals surface area contributed by atoms with E-state index in [4.69, 9.17) is 16.3 Å². The van der Waals surface area contributed by atoms with Crippen molar-refractivity contribution in [3.63, 3.8) is 0 Å². The maximum Gasteiger partial charge on any atom is 0.336 e. The van der Waals surface area contributed by atoms with E-state index in [0.717, 1.165) is 11.6 Å². The molecular formula is C24H15BrClFN2O4. The van der Waals surface area contributed by atoms with Gasteiger partial charge in [-0.25, -0.2) is 14.1 Å². The number of barbiturate groups is 1. The van der Waals surface area contributed by atoms with Gasteiger partial charge >= 0.3 is 6.03 Å². The number of anilines is 1. The van der Waals surface area contributed by atoms with Crippen LogP contribution in [0.15, 0.2) is 76.8 Å². The molecule has 0 aromatic heterocycles. The summed E-state index contributed by atoms with van der Waals surface area (Å²) in [6, 6.07) is 16.5. The van der Waals surface area contributed by atoms with Gasteiger partial charge in [0.2, 0.25) is 0 Å². The molecule has 9 heteroatoms. The molecule has 0 radical (unpaired) electrons. The quantitative estimate of drug-likeness (QED) is 0.350. The highest BCUT2D eigenvalue weighted by Gasteiger charge is 2.38. The van der Waals surface area contributed by atoms with E-state index in [-0.39, 0.29) is 17.9 Å². The first kappa shape index (κ1) is 22.7. The van der Waals surface area contributed by atoms with Crippen LogP contribution in [0.5, 0.6) is 5.75 Å². The minimum atomic E-state index is -1.03. The van der Waals surface area contributed by atoms with Gasteiger partial charge in [0, 0.05) is 15.1 Å². The summed E-state index contributed by atoms with van der Waals surface area (Å²) in [4.78, 5) is 38.4. The third kappa shape index (κ3) is 4.97. The third-order valence-electron chi connectivity index (χ3n) is 4.77. The van der Waals surface area contributed by atoms with Gasteiger partial charge in [-0.15, -0.1) is 0 Å². The minimum absolute atomic E-state index is 0.217. The number of hydrogen-bond donors (Lipinski definition) is 1. The molecule has 0 atom stereocenters. The molecule has 1 aliphatic heterocycles. The maximum absolute atomic E-state index is 14.3. The van der Waals surface area contributed by atoms with Gasteiger partial charge < -0.3 is 4.74 Å². The normalized spacial score (nSPS) is 15.1. The Morgan fingerprint density at radius 3 is 2.48 bits per heavy atom. The molecule has 0 spiro atoms. The van der Waals surface area contributed by atoms with Crippen molar-refractivity contribution < 1.29 is 23.5 Å². The lowest BCUT2D eigenvalue weighted by atomic mass is 10.1. The Labute approximate surface area is 201 Å². The van der Waals surface area contributed by atoms with E-state index in [2.05, 4.69) is 21.2 Å². The van der Waals surface area contributed by atoms with E-state index in [1.54, 1.807) is 30.3 Å². The average Bonchev–Trinajstić information content (AvgIpc) is 2.78. The van der Waals surface area contributed by atoms with Gasteiger partial charge in [0.05, 0.1) is 5.69 Å². The number of hydrogen-bond acceptors (Lipinski definition) is 4. The molecule has 1 heterocycles. The van der Waals surface area contributed by atoms with E-state index in [1.165, 1.54) is 24.3 Å². The number of nitrogens with one attached hydrogen (secondary N) is 1. The SMILES string of the molecule is O=C1NC(=O)N(c2ccccc2F)C(=O)/C1=C\c1cc(Br)ccc1OCc1ccc(Cl)cc1. The molecule has 4 amide bonds. The van der Waals surface area contributed by atoms with Gasteiger partial charge in [-0.3, -0.25) is 14.9 Å². The summed E-state index contributed by atoms with van der Waals surface area (Å²) < 4.78 is 20.8. The van der Waals surface area contributed by atoms with Crippen LogP contribution in [0.2, 0.25) is 5.02 Å². The van der Waals surface area contributed by atoms with Gasteiger partial charge in [0.1, 0.15) is 23.7 Å². The summed E-state index contributed by atoms with van der Waals surface area (Å²) in [5, 5.41) is 2.68. The fourth-order valence-corrected chi connectivity index (χ4v) is 3.67. The number of halogens is 3. The Bertz CT molecular complexity index is 1290. The summed E-state index contributed by atoms with van der Waals surface area (Å²) in [6.07, 6.45) is 1.31. The Balaban J connectivity index is 1.68. The smallest absolute Gasteiger partial charge is 0.336 e. The van der Waals surface area contributed by atoms with Crippen molar-refractivity contribution in [3.05, 3.63) is 98.7 Å². The average molecular weight is 530 g/mol. The van der Waals surface area contributed by atoms with Gasteiger partial charge in [-0.1, -0.05) is 51.8 Å². The molecule has 1 aliphatic rings. The zero-order valence-corrected chi connectivity index (χ0v) is 19.2. The lowest BCUT2D eigenvalue weighted by molar-refractivity contribution is -0.122. The largest absolute Gasteiger partial charge is 0.488 e. The van der Waals surface area contributed by atoms with Crippen molar-refractivity contribution in [2.45, 2.75) is 6.61 Å². The molecule has 0 bridgehead atoms. The second-order valence-electron chi connectivity index (χ2n) is 7.01. The molecule has 1 saturated heterocycles. The number of carbonyl (C=O) groups is 3. The number of rotatable bonds is 5. The highest BCUT2D eigenvalue weighted by Crippen LogP contribution is 2.29. The van der Waals surface area contributed by atoms with Crippen molar-refractivity contribution in [1.82, 2.24) is 5.32 Å². The van der Waals surface area contributed by atoms with E-state index in [0.29, 0.717) is 25.7 Å². The fourth-order valence-electron chi connectivity index (χ4n) is 3.17. The number of carbonyl (C=O) groups excluding carboxylic acids is 3. The Morgan fingerprint density at radius 2 is 1.76 bits per heavy atom. The number of para-hydroxylation sites is 1. The van der Waals surface area contributed by atoms with Crippen LogP contribution in [-0.2, 0) is 16.2 Å². The van der Waals surface area contributed by atoms with E-state index in [9.17, 15) is 18.8 Å². The topological polar surface area (TPSA) is 75.7 Å². The number of amides is 4. The zero-order chi connectivity index (χ0) is 23.5. The van der Waals surface area contributed by atoms with E-state index >= 15 is 0 Å². The fraction of sp³-hybridized carbons (Fsp3) is 0.0417. The number of imide groups is 2. The number of nitrogens with zero attached hydrogens (tertiary/aromatic N) is 1. The lowest BCUT2D eigenvalue weighted by Gasteiger charge is -2.26. The van der Waals surface area contributed by atoms with Gasteiger partial charge in [0.25, 0.3) is 11.8 Å². The zero-order valence-electron chi connectivity index (χ0n) is 16.8. The molecule has 33 heavy (non-hydrogen) atoms. The predicted octanol–water partition coefficient (Wildman–Crippen LogP) is 5.49. The summed E-state index contributed by atoms with van der Waals surface area (Å²) in [5.74, 6) is -2.21. The molecule has 0 aliphatic carbocycles. The highest BCUT2D eigenvalue weighted by molar-refractivity contribution is 9.10. The van der Waals surface area contributed by atoms with Crippen molar-refractivity contribution in [2.24, 2.45) is 0 Å². The standard InChI is InChI=1S/C24H15BrClFN2O4/c25-16-7-10-21(33-13-14-5-8-17(26)9-6-14)15(11-16)12-18-22(30)28-24(32)29(23(18)31)20-4-2-1-3-19(20)27/h1-12H,13H2,(H,28,30,32)/b18-12-. The van der Waals surface area contributed by atoms with Crippen molar-refractivity contribution in [1.29, 1.82) is 0 Å². The Kier molecular flexibility index (Phi) is 6.57. The van der Waals surface area contributed by atoms with Crippen LogP contribution in [0, 0.1) is 5.82 Å². The van der Waals surface area contributed by atoms with Crippen molar-refractivity contribution >= 4 is 57.1 Å². The molecule has 6 nitrogen and oxygen atoms in total. The van der Waals surface area contributed by atoms with Crippen LogP contribution < -0.4 is 15.0 Å². The minimum Gasteiger partial charge on any atom is -0.488 e. The Morgan fingerprint density at radius 1 is 1.03 bits per heavy atom. The second-order valence-corrected chi connectivity index (χ2v) is 8.36. The molecule has 1 fully saturated rings. The first-order valence-electron chi connectivity index (χ1n) is 9.66. The van der Waals surface area contributed by atoms with E-state index in [1.807, 2.05) is 12.1 Å². The molecule has 4 rings (SSSR count). The van der Waals surface area contributed by atoms with Crippen LogP contribution in [-0.4, -0.2) is 17.8 Å². The van der Waals surface area contributed by atoms with E-state index < -0.39 is 23.7 Å². The molecule has 3 aromatic rings. The summed E-state index contributed by atoms with van der Waals surface area (Å²) >= 11 is 9.27. The summed E-state index contributed by atoms with van der Waals surface area (Å²) in [5.41, 5.74) is 0.683. The Hall–Kier alpha value is -3.49. The molecule has 0 saturated carbocycles.